The van der Waals surface area contributed by atoms with Crippen molar-refractivity contribution in [3.63, 3.8) is 0 Å². The van der Waals surface area contributed by atoms with Gasteiger partial charge in [0.15, 0.2) is 11.0 Å². The van der Waals surface area contributed by atoms with Crippen LogP contribution in [-0.2, 0) is 17.6 Å². The van der Waals surface area contributed by atoms with Crippen molar-refractivity contribution in [1.82, 2.24) is 24.6 Å². The highest BCUT2D eigenvalue weighted by molar-refractivity contribution is 7.98. The molecule has 0 aliphatic carbocycles. The summed E-state index contributed by atoms with van der Waals surface area (Å²) in [5, 5.41) is 9.85. The Morgan fingerprint density at radius 3 is 2.51 bits per heavy atom. The van der Waals surface area contributed by atoms with Crippen molar-refractivity contribution in [2.24, 2.45) is 7.05 Å². The maximum Gasteiger partial charge on any atom is 0.236 e. The van der Waals surface area contributed by atoms with E-state index < -0.39 is 0 Å². The molecule has 0 N–H and O–H groups in total. The van der Waals surface area contributed by atoms with Gasteiger partial charge in [0.1, 0.15) is 5.82 Å². The molecule has 9 heteroatoms. The predicted octanol–water partition coefficient (Wildman–Crippen LogP) is 3.73. The van der Waals surface area contributed by atoms with Crippen LogP contribution in [0.4, 0.5) is 10.1 Å². The Balaban J connectivity index is 1.17. The normalized spacial score (nSPS) is 18.9. The highest BCUT2D eigenvalue weighted by atomic mass is 32.2. The SMILES string of the molecule is Cn1c(SCc2ccccc2)nnc1[C@H]1CCCN1CC(=O)N1CCN(c2ccccc2F)CC1. The lowest BCUT2D eigenvalue weighted by atomic mass is 10.2. The summed E-state index contributed by atoms with van der Waals surface area (Å²) in [6.07, 6.45) is 2.02. The van der Waals surface area contributed by atoms with Crippen molar-refractivity contribution in [3.05, 3.63) is 71.8 Å². The fourth-order valence-electron chi connectivity index (χ4n) is 4.95. The van der Waals surface area contributed by atoms with Crippen LogP contribution >= 0.6 is 11.8 Å². The number of hydrogen-bond donors (Lipinski definition) is 0. The molecule has 0 spiro atoms. The summed E-state index contributed by atoms with van der Waals surface area (Å²) in [5.74, 6) is 1.69. The highest BCUT2D eigenvalue weighted by Crippen LogP contribution is 2.32. The number of likely N-dealkylation sites (tertiary alicyclic amines) is 1. The van der Waals surface area contributed by atoms with Crippen molar-refractivity contribution in [1.29, 1.82) is 0 Å². The molecule has 2 aliphatic rings. The quantitative estimate of drug-likeness (QED) is 0.467. The van der Waals surface area contributed by atoms with Gasteiger partial charge in [-0.3, -0.25) is 9.69 Å². The van der Waals surface area contributed by atoms with Crippen LogP contribution in [0, 0.1) is 5.82 Å². The summed E-state index contributed by atoms with van der Waals surface area (Å²) < 4.78 is 16.2. The highest BCUT2D eigenvalue weighted by Gasteiger charge is 2.33. The van der Waals surface area contributed by atoms with E-state index in [0.717, 1.165) is 36.1 Å². The van der Waals surface area contributed by atoms with Crippen LogP contribution in [0.3, 0.4) is 0 Å². The third kappa shape index (κ3) is 5.36. The predicted molar refractivity (Wildman–Crippen MR) is 136 cm³/mol. The Morgan fingerprint density at radius 1 is 1.00 bits per heavy atom. The van der Waals surface area contributed by atoms with E-state index in [4.69, 9.17) is 0 Å². The average molecular weight is 495 g/mol. The Labute approximate surface area is 209 Å². The first-order chi connectivity index (χ1) is 17.1. The number of carbonyl (C=O) groups is 1. The molecule has 2 aliphatic heterocycles. The molecule has 0 saturated carbocycles. The minimum Gasteiger partial charge on any atom is -0.366 e. The number of piperazine rings is 1. The summed E-state index contributed by atoms with van der Waals surface area (Å²) in [5.41, 5.74) is 1.87. The molecule has 5 rings (SSSR count). The van der Waals surface area contributed by atoms with Crippen molar-refractivity contribution < 1.29 is 9.18 Å². The molecular weight excluding hydrogens is 463 g/mol. The second-order valence-electron chi connectivity index (χ2n) is 9.12. The van der Waals surface area contributed by atoms with Crippen LogP contribution < -0.4 is 4.90 Å². The fraction of sp³-hybridized carbons (Fsp3) is 0.423. The largest absolute Gasteiger partial charge is 0.366 e. The number of thioether (sulfide) groups is 1. The van der Waals surface area contributed by atoms with E-state index >= 15 is 0 Å². The van der Waals surface area contributed by atoms with Crippen LogP contribution in [0.2, 0.25) is 0 Å². The molecule has 0 radical (unpaired) electrons. The standard InChI is InChI=1S/C26H31FN6OS/c1-30-25(28-29-26(30)35-19-20-8-3-2-4-9-20)23-12-7-13-33(23)18-24(34)32-16-14-31(15-17-32)22-11-6-5-10-21(22)27/h2-6,8-11,23H,7,12-19H2,1H3/t23-/m1/s1. The summed E-state index contributed by atoms with van der Waals surface area (Å²) >= 11 is 1.68. The van der Waals surface area contributed by atoms with Gasteiger partial charge in [-0.2, -0.15) is 0 Å². The first-order valence-corrected chi connectivity index (χ1v) is 13.2. The minimum absolute atomic E-state index is 0.0993. The molecule has 184 valence electrons. The zero-order chi connectivity index (χ0) is 24.2. The van der Waals surface area contributed by atoms with E-state index in [-0.39, 0.29) is 17.8 Å². The van der Waals surface area contributed by atoms with E-state index in [1.54, 1.807) is 23.9 Å². The fourth-order valence-corrected chi connectivity index (χ4v) is 5.82. The van der Waals surface area contributed by atoms with Crippen molar-refractivity contribution >= 4 is 23.4 Å². The number of anilines is 1. The van der Waals surface area contributed by atoms with E-state index in [0.29, 0.717) is 38.4 Å². The summed E-state index contributed by atoms with van der Waals surface area (Å²) in [4.78, 5) is 19.3. The molecule has 1 atom stereocenters. The third-order valence-corrected chi connectivity index (χ3v) is 8.00. The van der Waals surface area contributed by atoms with Gasteiger partial charge in [-0.25, -0.2) is 4.39 Å². The van der Waals surface area contributed by atoms with Gasteiger partial charge < -0.3 is 14.4 Å². The number of hydrogen-bond acceptors (Lipinski definition) is 6. The van der Waals surface area contributed by atoms with Gasteiger partial charge in [0.05, 0.1) is 18.3 Å². The minimum atomic E-state index is -0.211. The Morgan fingerprint density at radius 2 is 1.74 bits per heavy atom. The maximum absolute atomic E-state index is 14.1. The molecule has 7 nitrogen and oxygen atoms in total. The number of para-hydroxylation sites is 1. The average Bonchev–Trinajstić information content (AvgIpc) is 3.49. The van der Waals surface area contributed by atoms with E-state index in [9.17, 15) is 9.18 Å². The van der Waals surface area contributed by atoms with Crippen LogP contribution in [0.5, 0.6) is 0 Å². The van der Waals surface area contributed by atoms with Gasteiger partial charge in [0.25, 0.3) is 0 Å². The smallest absolute Gasteiger partial charge is 0.236 e. The van der Waals surface area contributed by atoms with Gasteiger partial charge in [0.2, 0.25) is 5.91 Å². The monoisotopic (exact) mass is 494 g/mol. The van der Waals surface area contributed by atoms with E-state index in [1.807, 2.05) is 41.1 Å². The van der Waals surface area contributed by atoms with E-state index in [2.05, 4.69) is 31.8 Å². The Bertz CT molecular complexity index is 1150. The van der Waals surface area contributed by atoms with Crippen LogP contribution in [0.25, 0.3) is 0 Å². The Hall–Kier alpha value is -2.91. The summed E-state index contributed by atoms with van der Waals surface area (Å²) in [6, 6.07) is 17.3. The molecular formula is C26H31FN6OS. The first kappa shape index (κ1) is 23.8. The number of nitrogens with zero attached hydrogens (tertiary/aromatic N) is 6. The first-order valence-electron chi connectivity index (χ1n) is 12.2. The molecule has 1 amide bonds. The zero-order valence-electron chi connectivity index (χ0n) is 20.0. The van der Waals surface area contributed by atoms with Crippen molar-refractivity contribution in [3.8, 4) is 0 Å². The Kier molecular flexibility index (Phi) is 7.34. The van der Waals surface area contributed by atoms with Crippen molar-refractivity contribution in [2.45, 2.75) is 29.8 Å². The van der Waals surface area contributed by atoms with Crippen molar-refractivity contribution in [2.75, 3.05) is 44.2 Å². The number of benzene rings is 2. The molecule has 2 saturated heterocycles. The summed E-state index contributed by atoms with van der Waals surface area (Å²) in [7, 11) is 2.02. The van der Waals surface area contributed by atoms with Gasteiger partial charge in [-0.05, 0) is 37.1 Å². The lowest BCUT2D eigenvalue weighted by Gasteiger charge is -2.37. The van der Waals surface area contributed by atoms with Crippen LogP contribution in [-0.4, -0.2) is 69.7 Å². The van der Waals surface area contributed by atoms with Gasteiger partial charge in [0, 0.05) is 39.0 Å². The number of amides is 1. The molecule has 3 heterocycles. The topological polar surface area (TPSA) is 57.5 Å². The summed E-state index contributed by atoms with van der Waals surface area (Å²) in [6.45, 7) is 3.75. The van der Waals surface area contributed by atoms with Crippen LogP contribution in [0.1, 0.15) is 30.3 Å². The van der Waals surface area contributed by atoms with Gasteiger partial charge in [-0.15, -0.1) is 10.2 Å². The second-order valence-corrected chi connectivity index (χ2v) is 10.1. The molecule has 2 fully saturated rings. The zero-order valence-corrected chi connectivity index (χ0v) is 20.8. The molecule has 2 aromatic carbocycles. The molecule has 0 bridgehead atoms. The number of rotatable bonds is 7. The van der Waals surface area contributed by atoms with Gasteiger partial charge >= 0.3 is 0 Å². The number of carbonyl (C=O) groups excluding carboxylic acids is 1. The van der Waals surface area contributed by atoms with Gasteiger partial charge in [-0.1, -0.05) is 54.2 Å². The van der Waals surface area contributed by atoms with Crippen LogP contribution in [0.15, 0.2) is 59.8 Å². The number of halogens is 1. The molecule has 35 heavy (non-hydrogen) atoms. The second kappa shape index (κ2) is 10.8. The van der Waals surface area contributed by atoms with E-state index in [1.165, 1.54) is 11.6 Å². The molecule has 3 aromatic rings. The molecule has 1 aromatic heterocycles. The third-order valence-electron chi connectivity index (χ3n) is 6.90. The lowest BCUT2D eigenvalue weighted by Crippen LogP contribution is -2.51. The molecule has 0 unspecified atom stereocenters. The maximum atomic E-state index is 14.1. The lowest BCUT2D eigenvalue weighted by molar-refractivity contribution is -0.133. The number of aromatic nitrogens is 3.